The van der Waals surface area contributed by atoms with Gasteiger partial charge in [0.05, 0.1) is 19.3 Å². The van der Waals surface area contributed by atoms with Crippen molar-refractivity contribution in [2.24, 2.45) is 0 Å². The summed E-state index contributed by atoms with van der Waals surface area (Å²) in [5.74, 6) is 0.917. The first kappa shape index (κ1) is 20.1. The smallest absolute Gasteiger partial charge is 0.266 e. The first-order valence-corrected chi connectivity index (χ1v) is 9.24. The molecule has 0 radical (unpaired) electrons. The van der Waals surface area contributed by atoms with Crippen LogP contribution >= 0.6 is 0 Å². The molecule has 7 heteroatoms. The Morgan fingerprint density at radius 1 is 1.07 bits per heavy atom. The van der Waals surface area contributed by atoms with Crippen LogP contribution in [0.3, 0.4) is 0 Å². The maximum atomic E-state index is 12.1. The molecule has 3 aromatic rings. The molecule has 0 atom stereocenters. The van der Waals surface area contributed by atoms with Crippen LogP contribution in [0.5, 0.6) is 11.5 Å². The predicted molar refractivity (Wildman–Crippen MR) is 110 cm³/mol. The highest BCUT2D eigenvalue weighted by molar-refractivity contribution is 5.77. The van der Waals surface area contributed by atoms with E-state index in [0.29, 0.717) is 17.2 Å². The third-order valence-corrected chi connectivity index (χ3v) is 4.27. The third-order valence-electron chi connectivity index (χ3n) is 4.27. The zero-order valence-corrected chi connectivity index (χ0v) is 16.4. The quantitative estimate of drug-likeness (QED) is 0.636. The number of hydrogen-bond acceptors (Lipinski definition) is 5. The molecule has 2 aromatic carbocycles. The van der Waals surface area contributed by atoms with E-state index >= 15 is 0 Å². The molecule has 1 N–H and O–H groups in total. The Morgan fingerprint density at radius 3 is 2.59 bits per heavy atom. The van der Waals surface area contributed by atoms with Gasteiger partial charge >= 0.3 is 0 Å². The lowest BCUT2D eigenvalue weighted by molar-refractivity contribution is -0.123. The molecule has 0 saturated carbocycles. The molecule has 1 heterocycles. The van der Waals surface area contributed by atoms with Crippen LogP contribution in [0.15, 0.2) is 65.5 Å². The Morgan fingerprint density at radius 2 is 1.83 bits per heavy atom. The van der Waals surface area contributed by atoms with Gasteiger partial charge in [0, 0.05) is 24.2 Å². The van der Waals surface area contributed by atoms with Crippen molar-refractivity contribution in [2.45, 2.75) is 13.5 Å². The second kappa shape index (κ2) is 9.54. The standard InChI is InChI=1S/C22H23N3O4/c1-16-6-8-17(9-7-16)20-10-11-22(27)25(24-20)13-12-23-21(26)15-29-19-5-3-4-18(14-19)28-2/h3-11,14H,12-13,15H2,1-2H3,(H,23,26). The Bertz CT molecular complexity index is 1030. The number of amides is 1. The monoisotopic (exact) mass is 393 g/mol. The van der Waals surface area contributed by atoms with E-state index in [-0.39, 0.29) is 31.2 Å². The van der Waals surface area contributed by atoms with E-state index in [4.69, 9.17) is 9.47 Å². The molecular formula is C22H23N3O4. The Labute approximate surface area is 168 Å². The van der Waals surface area contributed by atoms with Crippen LogP contribution in [-0.2, 0) is 11.3 Å². The lowest BCUT2D eigenvalue weighted by Crippen LogP contribution is -2.34. The molecule has 0 unspecified atom stereocenters. The molecule has 0 aliphatic heterocycles. The number of benzene rings is 2. The predicted octanol–water partition coefficient (Wildman–Crippen LogP) is 2.42. The van der Waals surface area contributed by atoms with Crippen molar-refractivity contribution in [3.63, 3.8) is 0 Å². The van der Waals surface area contributed by atoms with Crippen LogP contribution in [0.2, 0.25) is 0 Å². The van der Waals surface area contributed by atoms with Crippen LogP contribution < -0.4 is 20.3 Å². The second-order valence-corrected chi connectivity index (χ2v) is 6.46. The molecule has 0 bridgehead atoms. The van der Waals surface area contributed by atoms with Crippen LogP contribution in [-0.4, -0.2) is 35.9 Å². The summed E-state index contributed by atoms with van der Waals surface area (Å²) in [7, 11) is 1.57. The number of carbonyl (C=O) groups excluding carboxylic acids is 1. The van der Waals surface area contributed by atoms with E-state index in [0.717, 1.165) is 11.1 Å². The minimum absolute atomic E-state index is 0.126. The average molecular weight is 393 g/mol. The van der Waals surface area contributed by atoms with E-state index in [9.17, 15) is 9.59 Å². The molecule has 0 aliphatic rings. The van der Waals surface area contributed by atoms with Crippen molar-refractivity contribution >= 4 is 5.91 Å². The maximum absolute atomic E-state index is 12.1. The van der Waals surface area contributed by atoms with Crippen LogP contribution in [0, 0.1) is 6.92 Å². The van der Waals surface area contributed by atoms with Crippen molar-refractivity contribution in [2.75, 3.05) is 20.3 Å². The van der Waals surface area contributed by atoms with E-state index < -0.39 is 0 Å². The zero-order valence-electron chi connectivity index (χ0n) is 16.4. The van der Waals surface area contributed by atoms with Gasteiger partial charge < -0.3 is 14.8 Å². The SMILES string of the molecule is COc1cccc(OCC(=O)NCCn2nc(-c3ccc(C)cc3)ccc2=O)c1. The van der Waals surface area contributed by atoms with E-state index in [1.54, 1.807) is 37.4 Å². The summed E-state index contributed by atoms with van der Waals surface area (Å²) in [5, 5.41) is 7.12. The number of nitrogens with zero attached hydrogens (tertiary/aromatic N) is 2. The summed E-state index contributed by atoms with van der Waals surface area (Å²) in [6.07, 6.45) is 0. The molecule has 150 valence electrons. The van der Waals surface area contributed by atoms with Crippen LogP contribution in [0.4, 0.5) is 0 Å². The number of aromatic nitrogens is 2. The van der Waals surface area contributed by atoms with Gasteiger partial charge in [0.1, 0.15) is 11.5 Å². The fraction of sp³-hybridized carbons (Fsp3) is 0.227. The van der Waals surface area contributed by atoms with Crippen molar-refractivity contribution in [1.29, 1.82) is 0 Å². The fourth-order valence-corrected chi connectivity index (χ4v) is 2.68. The molecule has 1 aromatic heterocycles. The topological polar surface area (TPSA) is 82.4 Å². The molecule has 3 rings (SSSR count). The third kappa shape index (κ3) is 5.68. The van der Waals surface area contributed by atoms with E-state index in [1.165, 1.54) is 10.7 Å². The van der Waals surface area contributed by atoms with Crippen molar-refractivity contribution in [3.05, 3.63) is 76.6 Å². The van der Waals surface area contributed by atoms with Crippen molar-refractivity contribution < 1.29 is 14.3 Å². The van der Waals surface area contributed by atoms with Gasteiger partial charge in [0.25, 0.3) is 11.5 Å². The second-order valence-electron chi connectivity index (χ2n) is 6.46. The fourth-order valence-electron chi connectivity index (χ4n) is 2.68. The highest BCUT2D eigenvalue weighted by atomic mass is 16.5. The molecule has 29 heavy (non-hydrogen) atoms. The normalized spacial score (nSPS) is 10.4. The molecule has 1 amide bonds. The van der Waals surface area contributed by atoms with Gasteiger partial charge in [-0.3, -0.25) is 9.59 Å². The Hall–Kier alpha value is -3.61. The van der Waals surface area contributed by atoms with E-state index in [1.807, 2.05) is 31.2 Å². The van der Waals surface area contributed by atoms with Gasteiger partial charge in [-0.15, -0.1) is 0 Å². The van der Waals surface area contributed by atoms with Gasteiger partial charge in [-0.05, 0) is 25.1 Å². The number of carbonyl (C=O) groups is 1. The minimum atomic E-state index is -0.282. The molecule has 0 aliphatic carbocycles. The maximum Gasteiger partial charge on any atom is 0.266 e. The summed E-state index contributed by atoms with van der Waals surface area (Å²) in [4.78, 5) is 24.0. The van der Waals surface area contributed by atoms with Crippen LogP contribution in [0.25, 0.3) is 11.3 Å². The Kier molecular flexibility index (Phi) is 6.63. The average Bonchev–Trinajstić information content (AvgIpc) is 2.74. The lowest BCUT2D eigenvalue weighted by atomic mass is 10.1. The zero-order chi connectivity index (χ0) is 20.6. The largest absolute Gasteiger partial charge is 0.497 e. The first-order valence-electron chi connectivity index (χ1n) is 9.24. The Balaban J connectivity index is 1.53. The van der Waals surface area contributed by atoms with Crippen molar-refractivity contribution in [3.8, 4) is 22.8 Å². The summed E-state index contributed by atoms with van der Waals surface area (Å²) in [6, 6.07) is 18.1. The molecule has 0 saturated heterocycles. The lowest BCUT2D eigenvalue weighted by Gasteiger charge is -2.10. The summed E-state index contributed by atoms with van der Waals surface area (Å²) in [6.45, 7) is 2.42. The number of aryl methyl sites for hydroxylation is 1. The minimum Gasteiger partial charge on any atom is -0.497 e. The molecule has 0 spiro atoms. The molecule has 7 nitrogen and oxygen atoms in total. The highest BCUT2D eigenvalue weighted by Crippen LogP contribution is 2.18. The van der Waals surface area contributed by atoms with Gasteiger partial charge in [0.15, 0.2) is 6.61 Å². The first-order chi connectivity index (χ1) is 14.0. The van der Waals surface area contributed by atoms with Crippen molar-refractivity contribution in [1.82, 2.24) is 15.1 Å². The summed E-state index contributed by atoms with van der Waals surface area (Å²) in [5.41, 5.74) is 2.57. The van der Waals surface area contributed by atoms with Crippen LogP contribution in [0.1, 0.15) is 5.56 Å². The van der Waals surface area contributed by atoms with Gasteiger partial charge in [-0.2, -0.15) is 5.10 Å². The molecular weight excluding hydrogens is 370 g/mol. The number of nitrogens with one attached hydrogen (secondary N) is 1. The van der Waals surface area contributed by atoms with Gasteiger partial charge in [0.2, 0.25) is 0 Å². The van der Waals surface area contributed by atoms with Gasteiger partial charge in [-0.25, -0.2) is 4.68 Å². The number of ether oxygens (including phenoxy) is 2. The highest BCUT2D eigenvalue weighted by Gasteiger charge is 2.06. The molecule has 0 fully saturated rings. The number of rotatable bonds is 8. The number of hydrogen-bond donors (Lipinski definition) is 1. The summed E-state index contributed by atoms with van der Waals surface area (Å²) < 4.78 is 11.9. The number of methoxy groups -OCH3 is 1. The summed E-state index contributed by atoms with van der Waals surface area (Å²) >= 11 is 0. The van der Waals surface area contributed by atoms with E-state index in [2.05, 4.69) is 10.4 Å². The van der Waals surface area contributed by atoms with Gasteiger partial charge in [-0.1, -0.05) is 35.9 Å².